The minimum Gasteiger partial charge on any atom is -0.384 e. The fourth-order valence-corrected chi connectivity index (χ4v) is 1.80. The van der Waals surface area contributed by atoms with Gasteiger partial charge in [0.1, 0.15) is 6.61 Å². The minimum atomic E-state index is -0.155. The van der Waals surface area contributed by atoms with E-state index in [4.69, 9.17) is 5.11 Å². The van der Waals surface area contributed by atoms with E-state index in [1.54, 1.807) is 36.0 Å². The zero-order valence-corrected chi connectivity index (χ0v) is 11.2. The van der Waals surface area contributed by atoms with Crippen LogP contribution in [-0.4, -0.2) is 36.2 Å². The number of aliphatic hydroxyl groups excluding tert-OH is 1. The van der Waals surface area contributed by atoms with Crippen LogP contribution in [0.2, 0.25) is 0 Å². The number of carbonyl (C=O) groups excluding carboxylic acids is 1. The Morgan fingerprint density at radius 1 is 1.39 bits per heavy atom. The van der Waals surface area contributed by atoms with E-state index in [2.05, 4.69) is 17.2 Å². The summed E-state index contributed by atoms with van der Waals surface area (Å²) < 4.78 is 0. The van der Waals surface area contributed by atoms with Gasteiger partial charge in [-0.15, -0.1) is 0 Å². The Morgan fingerprint density at radius 3 is 2.72 bits per heavy atom. The smallest absolute Gasteiger partial charge is 0.251 e. The van der Waals surface area contributed by atoms with Gasteiger partial charge in [-0.05, 0) is 42.7 Å². The number of aliphatic hydroxyl groups is 1. The SMILES string of the molecule is CSCCCNC(=O)c1ccc(C#CCO)cc1. The van der Waals surface area contributed by atoms with Crippen molar-refractivity contribution in [1.29, 1.82) is 0 Å². The minimum absolute atomic E-state index is 0.0576. The van der Waals surface area contributed by atoms with E-state index in [-0.39, 0.29) is 12.5 Å². The lowest BCUT2D eigenvalue weighted by molar-refractivity contribution is 0.0954. The Bertz CT molecular complexity index is 431. The third-order valence-electron chi connectivity index (χ3n) is 2.27. The van der Waals surface area contributed by atoms with E-state index in [0.717, 1.165) is 17.7 Å². The number of hydrogen-bond donors (Lipinski definition) is 2. The van der Waals surface area contributed by atoms with Crippen molar-refractivity contribution in [2.75, 3.05) is 25.2 Å². The molecule has 1 rings (SSSR count). The number of carbonyl (C=O) groups is 1. The topological polar surface area (TPSA) is 49.3 Å². The van der Waals surface area contributed by atoms with Gasteiger partial charge in [-0.3, -0.25) is 4.79 Å². The number of rotatable bonds is 5. The Morgan fingerprint density at radius 2 is 2.11 bits per heavy atom. The van der Waals surface area contributed by atoms with Crippen LogP contribution in [-0.2, 0) is 0 Å². The van der Waals surface area contributed by atoms with Gasteiger partial charge >= 0.3 is 0 Å². The molecule has 0 aliphatic carbocycles. The van der Waals surface area contributed by atoms with Crippen molar-refractivity contribution in [2.24, 2.45) is 0 Å². The average Bonchev–Trinajstić information content (AvgIpc) is 2.41. The summed E-state index contributed by atoms with van der Waals surface area (Å²) in [5, 5.41) is 11.4. The van der Waals surface area contributed by atoms with Gasteiger partial charge in [0.05, 0.1) is 0 Å². The van der Waals surface area contributed by atoms with Crippen LogP contribution in [0.1, 0.15) is 22.3 Å². The van der Waals surface area contributed by atoms with Crippen LogP contribution in [0.5, 0.6) is 0 Å². The van der Waals surface area contributed by atoms with E-state index in [1.165, 1.54) is 0 Å². The van der Waals surface area contributed by atoms with Crippen molar-refractivity contribution in [3.8, 4) is 11.8 Å². The van der Waals surface area contributed by atoms with Crippen molar-refractivity contribution >= 4 is 17.7 Å². The van der Waals surface area contributed by atoms with Crippen molar-refractivity contribution in [3.05, 3.63) is 35.4 Å². The number of nitrogens with one attached hydrogen (secondary N) is 1. The highest BCUT2D eigenvalue weighted by Gasteiger charge is 2.03. The molecule has 0 aliphatic rings. The second-order valence-corrected chi connectivity index (χ2v) is 4.63. The van der Waals surface area contributed by atoms with E-state index in [9.17, 15) is 4.79 Å². The van der Waals surface area contributed by atoms with Crippen LogP contribution in [0, 0.1) is 11.8 Å². The summed E-state index contributed by atoms with van der Waals surface area (Å²) >= 11 is 1.77. The predicted octanol–water partition coefficient (Wildman–Crippen LogP) is 1.51. The van der Waals surface area contributed by atoms with Gasteiger partial charge < -0.3 is 10.4 Å². The van der Waals surface area contributed by atoms with Crippen LogP contribution in [0.3, 0.4) is 0 Å². The van der Waals surface area contributed by atoms with E-state index in [0.29, 0.717) is 12.1 Å². The van der Waals surface area contributed by atoms with Gasteiger partial charge in [-0.2, -0.15) is 11.8 Å². The molecule has 0 fully saturated rings. The van der Waals surface area contributed by atoms with Crippen LogP contribution in [0.25, 0.3) is 0 Å². The van der Waals surface area contributed by atoms with Gasteiger partial charge in [0.15, 0.2) is 0 Å². The third-order valence-corrected chi connectivity index (χ3v) is 2.97. The molecule has 0 saturated heterocycles. The molecule has 0 atom stereocenters. The highest BCUT2D eigenvalue weighted by Crippen LogP contribution is 2.03. The van der Waals surface area contributed by atoms with Gasteiger partial charge in [0.25, 0.3) is 5.91 Å². The molecule has 1 amide bonds. The number of thioether (sulfide) groups is 1. The summed E-state index contributed by atoms with van der Waals surface area (Å²) in [5.74, 6) is 6.34. The van der Waals surface area contributed by atoms with E-state index < -0.39 is 0 Å². The molecule has 0 radical (unpaired) electrons. The van der Waals surface area contributed by atoms with Crippen LogP contribution in [0.4, 0.5) is 0 Å². The first-order valence-corrected chi connectivity index (χ1v) is 7.14. The predicted molar refractivity (Wildman–Crippen MR) is 75.7 cm³/mol. The van der Waals surface area contributed by atoms with Crippen LogP contribution < -0.4 is 5.32 Å². The Hall–Kier alpha value is -1.44. The molecule has 0 saturated carbocycles. The third kappa shape index (κ3) is 5.26. The summed E-state index contributed by atoms with van der Waals surface area (Å²) in [6.07, 6.45) is 3.03. The molecule has 0 spiro atoms. The summed E-state index contributed by atoms with van der Waals surface area (Å²) in [6.45, 7) is 0.545. The van der Waals surface area contributed by atoms with Crippen LogP contribution in [0.15, 0.2) is 24.3 Å². The summed E-state index contributed by atoms with van der Waals surface area (Å²) in [4.78, 5) is 11.7. The van der Waals surface area contributed by atoms with Gasteiger partial charge in [-0.25, -0.2) is 0 Å². The Kier molecular flexibility index (Phi) is 7.00. The van der Waals surface area contributed by atoms with Gasteiger partial charge in [0.2, 0.25) is 0 Å². The first kappa shape index (κ1) is 14.6. The zero-order chi connectivity index (χ0) is 13.2. The largest absolute Gasteiger partial charge is 0.384 e. The molecule has 1 aromatic carbocycles. The molecule has 4 heteroatoms. The molecule has 0 bridgehead atoms. The van der Waals surface area contributed by atoms with E-state index in [1.807, 2.05) is 6.26 Å². The molecule has 2 N–H and O–H groups in total. The second kappa shape index (κ2) is 8.62. The quantitative estimate of drug-likeness (QED) is 0.625. The highest BCUT2D eigenvalue weighted by molar-refractivity contribution is 7.98. The lowest BCUT2D eigenvalue weighted by atomic mass is 10.1. The standard InChI is InChI=1S/C14H17NO2S/c1-18-11-3-9-15-14(17)13-7-5-12(6-8-13)4-2-10-16/h5-8,16H,3,9-11H2,1H3,(H,15,17). The van der Waals surface area contributed by atoms with Crippen LogP contribution >= 0.6 is 11.8 Å². The summed E-state index contributed by atoms with van der Waals surface area (Å²) in [6, 6.07) is 7.04. The normalized spacial score (nSPS) is 9.44. The molecule has 0 aliphatic heterocycles. The fraction of sp³-hybridized carbons (Fsp3) is 0.357. The maximum absolute atomic E-state index is 11.7. The monoisotopic (exact) mass is 263 g/mol. The number of hydrogen-bond acceptors (Lipinski definition) is 3. The number of benzene rings is 1. The maximum Gasteiger partial charge on any atom is 0.251 e. The first-order chi connectivity index (χ1) is 8.77. The average molecular weight is 263 g/mol. The summed E-state index contributed by atoms with van der Waals surface area (Å²) in [7, 11) is 0. The van der Waals surface area contributed by atoms with Crippen molar-refractivity contribution < 1.29 is 9.90 Å². The molecule has 3 nitrogen and oxygen atoms in total. The molecule has 18 heavy (non-hydrogen) atoms. The Labute approximate surface area is 112 Å². The maximum atomic E-state index is 11.7. The molecular weight excluding hydrogens is 246 g/mol. The molecule has 96 valence electrons. The fourth-order valence-electron chi connectivity index (χ4n) is 1.37. The first-order valence-electron chi connectivity index (χ1n) is 5.75. The summed E-state index contributed by atoms with van der Waals surface area (Å²) in [5.41, 5.74) is 1.43. The highest BCUT2D eigenvalue weighted by atomic mass is 32.2. The van der Waals surface area contributed by atoms with Crippen molar-refractivity contribution in [1.82, 2.24) is 5.32 Å². The molecule has 1 aromatic rings. The van der Waals surface area contributed by atoms with E-state index >= 15 is 0 Å². The molecule has 0 unspecified atom stereocenters. The lowest BCUT2D eigenvalue weighted by Gasteiger charge is -2.04. The zero-order valence-electron chi connectivity index (χ0n) is 10.4. The second-order valence-electron chi connectivity index (χ2n) is 3.64. The van der Waals surface area contributed by atoms with Gasteiger partial charge in [0, 0.05) is 17.7 Å². The lowest BCUT2D eigenvalue weighted by Crippen LogP contribution is -2.24. The number of amides is 1. The molecule has 0 aromatic heterocycles. The molecular formula is C14H17NO2S. The van der Waals surface area contributed by atoms with Crippen molar-refractivity contribution in [2.45, 2.75) is 6.42 Å². The van der Waals surface area contributed by atoms with Gasteiger partial charge in [-0.1, -0.05) is 11.8 Å². The Balaban J connectivity index is 2.48. The molecule has 0 heterocycles. The van der Waals surface area contributed by atoms with Crippen molar-refractivity contribution in [3.63, 3.8) is 0 Å².